The van der Waals surface area contributed by atoms with Crippen molar-refractivity contribution < 1.29 is 4.79 Å². The number of carbonyl (C=O) groups is 1. The molecule has 156 valence electrons. The third-order valence-electron chi connectivity index (χ3n) is 6.21. The van der Waals surface area contributed by atoms with Crippen LogP contribution in [-0.2, 0) is 0 Å². The Morgan fingerprint density at radius 1 is 0.394 bits per heavy atom. The Bertz CT molecular complexity index is 1420. The van der Waals surface area contributed by atoms with Crippen molar-refractivity contribution >= 4 is 22.8 Å². The van der Waals surface area contributed by atoms with Gasteiger partial charge < -0.3 is 4.90 Å². The van der Waals surface area contributed by atoms with Crippen molar-refractivity contribution in [2.45, 2.75) is 0 Å². The number of hydrogen-bond acceptors (Lipinski definition) is 2. The SMILES string of the molecule is O=C1c2ccccc2-c2ccc(-c3ccc(N(c4ccccc4)c4ccccc4)cc3)cc21. The molecule has 0 heterocycles. The average molecular weight is 424 g/mol. The summed E-state index contributed by atoms with van der Waals surface area (Å²) in [7, 11) is 0. The number of benzene rings is 5. The number of fused-ring (bicyclic) bond motifs is 3. The van der Waals surface area contributed by atoms with Gasteiger partial charge in [0.2, 0.25) is 0 Å². The lowest BCUT2D eigenvalue weighted by Gasteiger charge is -2.25. The summed E-state index contributed by atoms with van der Waals surface area (Å²) in [6, 6.07) is 43.3. The van der Waals surface area contributed by atoms with Crippen molar-refractivity contribution in [3.63, 3.8) is 0 Å². The lowest BCUT2D eigenvalue weighted by atomic mass is 9.98. The zero-order chi connectivity index (χ0) is 22.2. The minimum Gasteiger partial charge on any atom is -0.311 e. The second-order valence-electron chi connectivity index (χ2n) is 8.19. The highest BCUT2D eigenvalue weighted by Gasteiger charge is 2.26. The summed E-state index contributed by atoms with van der Waals surface area (Å²) < 4.78 is 0. The van der Waals surface area contributed by atoms with Crippen LogP contribution in [0.2, 0.25) is 0 Å². The molecular weight excluding hydrogens is 402 g/mol. The molecule has 5 aromatic rings. The van der Waals surface area contributed by atoms with E-state index >= 15 is 0 Å². The number of anilines is 3. The van der Waals surface area contributed by atoms with Crippen LogP contribution in [-0.4, -0.2) is 5.78 Å². The third-order valence-corrected chi connectivity index (χ3v) is 6.21. The van der Waals surface area contributed by atoms with E-state index in [2.05, 4.69) is 89.8 Å². The molecule has 0 atom stereocenters. The standard InChI is InChI=1S/C31H21NO/c33-31-29-14-8-7-13-27(29)28-20-17-23(21-30(28)31)22-15-18-26(19-16-22)32(24-9-3-1-4-10-24)25-11-5-2-6-12-25/h1-21H. The minimum absolute atomic E-state index is 0.110. The van der Waals surface area contributed by atoms with Gasteiger partial charge in [-0.3, -0.25) is 4.79 Å². The molecule has 0 saturated heterocycles. The van der Waals surface area contributed by atoms with Crippen molar-refractivity contribution in [3.8, 4) is 22.3 Å². The third kappa shape index (κ3) is 3.33. The fraction of sp³-hybridized carbons (Fsp3) is 0. The molecule has 2 nitrogen and oxygen atoms in total. The number of para-hydroxylation sites is 2. The van der Waals surface area contributed by atoms with Gasteiger partial charge in [0.1, 0.15) is 0 Å². The van der Waals surface area contributed by atoms with Gasteiger partial charge in [0.25, 0.3) is 0 Å². The smallest absolute Gasteiger partial charge is 0.194 e. The van der Waals surface area contributed by atoms with Crippen LogP contribution in [0.25, 0.3) is 22.3 Å². The zero-order valence-corrected chi connectivity index (χ0v) is 18.0. The lowest BCUT2D eigenvalue weighted by Crippen LogP contribution is -2.09. The van der Waals surface area contributed by atoms with E-state index in [1.165, 1.54) is 0 Å². The normalized spacial score (nSPS) is 11.7. The Labute approximate surface area is 193 Å². The summed E-state index contributed by atoms with van der Waals surface area (Å²) in [6.45, 7) is 0. The molecule has 0 bridgehead atoms. The maximum absolute atomic E-state index is 12.9. The Morgan fingerprint density at radius 3 is 1.52 bits per heavy atom. The molecule has 33 heavy (non-hydrogen) atoms. The van der Waals surface area contributed by atoms with E-state index < -0.39 is 0 Å². The molecule has 1 aliphatic carbocycles. The molecule has 0 fully saturated rings. The number of nitrogens with zero attached hydrogens (tertiary/aromatic N) is 1. The quantitative estimate of drug-likeness (QED) is 0.286. The molecule has 0 unspecified atom stereocenters. The summed E-state index contributed by atoms with van der Waals surface area (Å²) in [6.07, 6.45) is 0. The first-order valence-electron chi connectivity index (χ1n) is 11.1. The molecule has 1 aliphatic rings. The number of carbonyl (C=O) groups excluding carboxylic acids is 1. The predicted octanol–water partition coefficient (Wildman–Crippen LogP) is 8.03. The van der Waals surface area contributed by atoms with E-state index in [1.54, 1.807) is 0 Å². The van der Waals surface area contributed by atoms with Gasteiger partial charge in [-0.1, -0.05) is 84.9 Å². The predicted molar refractivity (Wildman–Crippen MR) is 135 cm³/mol. The second kappa shape index (κ2) is 7.92. The molecule has 0 aliphatic heterocycles. The monoisotopic (exact) mass is 423 g/mol. The van der Waals surface area contributed by atoms with E-state index in [1.807, 2.05) is 42.5 Å². The minimum atomic E-state index is 0.110. The van der Waals surface area contributed by atoms with Crippen LogP contribution in [0.1, 0.15) is 15.9 Å². The van der Waals surface area contributed by atoms with Crippen LogP contribution in [0.3, 0.4) is 0 Å². The Kier molecular flexibility index (Phi) is 4.63. The molecular formula is C31H21NO. The maximum atomic E-state index is 12.9. The van der Waals surface area contributed by atoms with Gasteiger partial charge in [-0.2, -0.15) is 0 Å². The van der Waals surface area contributed by atoms with Gasteiger partial charge in [-0.05, 0) is 64.7 Å². The fourth-order valence-corrected chi connectivity index (χ4v) is 4.61. The molecule has 0 aromatic heterocycles. The summed E-state index contributed by atoms with van der Waals surface area (Å²) >= 11 is 0. The van der Waals surface area contributed by atoms with E-state index in [9.17, 15) is 4.79 Å². The Hall–Kier alpha value is -4.43. The summed E-state index contributed by atoms with van der Waals surface area (Å²) in [5, 5.41) is 0. The molecule has 2 heteroatoms. The summed E-state index contributed by atoms with van der Waals surface area (Å²) in [5.41, 5.74) is 9.07. The molecule has 5 aromatic carbocycles. The van der Waals surface area contributed by atoms with Crippen molar-refractivity contribution in [2.24, 2.45) is 0 Å². The van der Waals surface area contributed by atoms with Crippen LogP contribution in [0, 0.1) is 0 Å². The lowest BCUT2D eigenvalue weighted by molar-refractivity contribution is 0.104. The summed E-state index contributed by atoms with van der Waals surface area (Å²) in [4.78, 5) is 15.2. The van der Waals surface area contributed by atoms with Crippen molar-refractivity contribution in [3.05, 3.63) is 139 Å². The van der Waals surface area contributed by atoms with E-state index in [0.29, 0.717) is 0 Å². The van der Waals surface area contributed by atoms with Crippen LogP contribution in [0.4, 0.5) is 17.1 Å². The van der Waals surface area contributed by atoms with E-state index in [-0.39, 0.29) is 5.78 Å². The molecule has 0 saturated carbocycles. The van der Waals surface area contributed by atoms with Crippen LogP contribution < -0.4 is 4.90 Å². The number of ketones is 1. The molecule has 6 rings (SSSR count). The Balaban J connectivity index is 1.38. The van der Waals surface area contributed by atoms with E-state index in [0.717, 1.165) is 50.4 Å². The first-order chi connectivity index (χ1) is 16.3. The van der Waals surface area contributed by atoms with Crippen LogP contribution in [0.15, 0.2) is 127 Å². The van der Waals surface area contributed by atoms with Crippen molar-refractivity contribution in [1.29, 1.82) is 0 Å². The van der Waals surface area contributed by atoms with Gasteiger partial charge in [0, 0.05) is 28.2 Å². The highest BCUT2D eigenvalue weighted by atomic mass is 16.1. The first kappa shape index (κ1) is 19.3. The topological polar surface area (TPSA) is 20.3 Å². The van der Waals surface area contributed by atoms with Crippen LogP contribution in [0.5, 0.6) is 0 Å². The number of hydrogen-bond donors (Lipinski definition) is 0. The first-order valence-corrected chi connectivity index (χ1v) is 11.1. The van der Waals surface area contributed by atoms with Gasteiger partial charge in [0.15, 0.2) is 5.78 Å². The highest BCUT2D eigenvalue weighted by molar-refractivity contribution is 6.22. The molecule has 0 radical (unpaired) electrons. The van der Waals surface area contributed by atoms with Crippen LogP contribution >= 0.6 is 0 Å². The van der Waals surface area contributed by atoms with Gasteiger partial charge in [0.05, 0.1) is 0 Å². The number of rotatable bonds is 4. The molecule has 0 spiro atoms. The van der Waals surface area contributed by atoms with Crippen molar-refractivity contribution in [1.82, 2.24) is 0 Å². The van der Waals surface area contributed by atoms with Gasteiger partial charge >= 0.3 is 0 Å². The van der Waals surface area contributed by atoms with Gasteiger partial charge in [-0.15, -0.1) is 0 Å². The zero-order valence-electron chi connectivity index (χ0n) is 18.0. The average Bonchev–Trinajstić information content (AvgIpc) is 3.17. The highest BCUT2D eigenvalue weighted by Crippen LogP contribution is 2.39. The fourth-order valence-electron chi connectivity index (χ4n) is 4.61. The second-order valence-corrected chi connectivity index (χ2v) is 8.19. The largest absolute Gasteiger partial charge is 0.311 e. The Morgan fingerprint density at radius 2 is 0.879 bits per heavy atom. The molecule has 0 N–H and O–H groups in total. The maximum Gasteiger partial charge on any atom is 0.194 e. The molecule has 0 amide bonds. The summed E-state index contributed by atoms with van der Waals surface area (Å²) in [5.74, 6) is 0.110. The van der Waals surface area contributed by atoms with E-state index in [4.69, 9.17) is 0 Å². The van der Waals surface area contributed by atoms with Crippen molar-refractivity contribution in [2.75, 3.05) is 4.90 Å². The van der Waals surface area contributed by atoms with Gasteiger partial charge in [-0.25, -0.2) is 0 Å².